The van der Waals surface area contributed by atoms with Crippen LogP contribution in [0.15, 0.2) is 29.6 Å². The molecule has 0 unspecified atom stereocenters. The molecule has 0 aliphatic rings. The third-order valence-electron chi connectivity index (χ3n) is 3.00. The van der Waals surface area contributed by atoms with Crippen LogP contribution in [0.5, 0.6) is 5.75 Å². The molecule has 0 saturated carbocycles. The highest BCUT2D eigenvalue weighted by Gasteiger charge is 2.09. The van der Waals surface area contributed by atoms with Gasteiger partial charge in [0.05, 0.1) is 11.5 Å². The van der Waals surface area contributed by atoms with Crippen molar-refractivity contribution in [3.05, 3.63) is 50.7 Å². The molecule has 0 aliphatic heterocycles. The minimum atomic E-state index is -0.0874. The molecular weight excluding hydrogens is 322 g/mol. The first-order chi connectivity index (χ1) is 10.6. The Bertz CT molecular complexity index is 642. The largest absolute Gasteiger partial charge is 0.489 e. The van der Waals surface area contributed by atoms with Gasteiger partial charge in [0.1, 0.15) is 12.4 Å². The van der Waals surface area contributed by atoms with E-state index in [1.807, 2.05) is 36.6 Å². The number of ether oxygens (including phenoxy) is 2. The van der Waals surface area contributed by atoms with Gasteiger partial charge >= 0.3 is 0 Å². The van der Waals surface area contributed by atoms with E-state index in [9.17, 15) is 4.79 Å². The topological polar surface area (TPSA) is 47.6 Å². The fraction of sp³-hybridized carbons (Fsp3) is 0.312. The average molecular weight is 340 g/mol. The number of benzene rings is 1. The lowest BCUT2D eigenvalue weighted by Crippen LogP contribution is -2.26. The van der Waals surface area contributed by atoms with Crippen LogP contribution in [-0.4, -0.2) is 26.2 Å². The molecule has 0 bridgehead atoms. The number of carbonyl (C=O) groups excluding carboxylic acids is 1. The molecule has 0 atom stereocenters. The fourth-order valence-electron chi connectivity index (χ4n) is 1.80. The van der Waals surface area contributed by atoms with Gasteiger partial charge in [0.2, 0.25) is 0 Å². The number of halogens is 1. The number of hydrogen-bond acceptors (Lipinski definition) is 4. The zero-order chi connectivity index (χ0) is 15.9. The first-order valence-corrected chi connectivity index (χ1v) is 8.09. The Morgan fingerprint density at radius 1 is 1.36 bits per heavy atom. The second-order valence-electron chi connectivity index (χ2n) is 4.77. The maximum atomic E-state index is 11.9. The Labute approximate surface area is 139 Å². The van der Waals surface area contributed by atoms with Gasteiger partial charge in [0, 0.05) is 24.2 Å². The van der Waals surface area contributed by atoms with Crippen molar-refractivity contribution in [2.75, 3.05) is 20.3 Å². The van der Waals surface area contributed by atoms with Crippen LogP contribution in [0, 0.1) is 6.92 Å². The quantitative estimate of drug-likeness (QED) is 0.783. The minimum Gasteiger partial charge on any atom is -0.489 e. The second-order valence-corrected chi connectivity index (χ2v) is 6.09. The zero-order valence-corrected chi connectivity index (χ0v) is 14.1. The maximum absolute atomic E-state index is 11.9. The van der Waals surface area contributed by atoms with Crippen LogP contribution in [0.4, 0.5) is 0 Å². The summed E-state index contributed by atoms with van der Waals surface area (Å²) in [6.07, 6.45) is 0. The number of thiophene rings is 1. The molecule has 2 rings (SSSR count). The summed E-state index contributed by atoms with van der Waals surface area (Å²) in [5.74, 6) is 0.676. The highest BCUT2D eigenvalue weighted by molar-refractivity contribution is 7.12. The van der Waals surface area contributed by atoms with E-state index in [1.165, 1.54) is 11.3 Å². The molecule has 4 nitrogen and oxygen atoms in total. The molecule has 0 radical (unpaired) electrons. The molecule has 1 N–H and O–H groups in total. The number of aryl methyl sites for hydroxylation is 1. The Kier molecular flexibility index (Phi) is 6.24. The van der Waals surface area contributed by atoms with E-state index in [1.54, 1.807) is 7.11 Å². The molecule has 0 saturated heterocycles. The molecule has 1 amide bonds. The van der Waals surface area contributed by atoms with Crippen LogP contribution in [-0.2, 0) is 11.3 Å². The summed E-state index contributed by atoms with van der Waals surface area (Å²) in [5, 5.41) is 5.44. The fourth-order valence-corrected chi connectivity index (χ4v) is 2.73. The summed E-state index contributed by atoms with van der Waals surface area (Å²) in [5.41, 5.74) is 1.94. The molecular formula is C16H18ClNO3S. The third kappa shape index (κ3) is 4.73. The average Bonchev–Trinajstić information content (AvgIpc) is 2.98. The monoisotopic (exact) mass is 339 g/mol. The lowest BCUT2D eigenvalue weighted by Gasteiger charge is -2.06. The third-order valence-corrected chi connectivity index (χ3v) is 4.41. The standard InChI is InChI=1S/C16H18ClNO3S/c1-11-7-13(3-4-14(11)17)21-9-12-8-15(22-10-12)16(19)18-5-6-20-2/h3-4,7-8,10H,5-6,9H2,1-2H3,(H,18,19). The molecule has 0 spiro atoms. The normalized spacial score (nSPS) is 10.5. The predicted molar refractivity (Wildman–Crippen MR) is 89.0 cm³/mol. The number of methoxy groups -OCH3 is 1. The lowest BCUT2D eigenvalue weighted by molar-refractivity contribution is 0.0941. The summed E-state index contributed by atoms with van der Waals surface area (Å²) in [7, 11) is 1.60. The smallest absolute Gasteiger partial charge is 0.261 e. The van der Waals surface area contributed by atoms with Crippen molar-refractivity contribution in [1.82, 2.24) is 5.32 Å². The summed E-state index contributed by atoms with van der Waals surface area (Å²) in [6, 6.07) is 7.39. The minimum absolute atomic E-state index is 0.0874. The Hall–Kier alpha value is -1.56. The van der Waals surface area contributed by atoms with Gasteiger partial charge in [-0.05, 0) is 42.1 Å². The molecule has 0 aliphatic carbocycles. The van der Waals surface area contributed by atoms with E-state index < -0.39 is 0 Å². The molecule has 0 fully saturated rings. The maximum Gasteiger partial charge on any atom is 0.261 e. The number of nitrogens with one attached hydrogen (secondary N) is 1. The molecule has 22 heavy (non-hydrogen) atoms. The van der Waals surface area contributed by atoms with Gasteiger partial charge in [-0.15, -0.1) is 11.3 Å². The van der Waals surface area contributed by atoms with E-state index in [2.05, 4.69) is 5.32 Å². The highest BCUT2D eigenvalue weighted by Crippen LogP contribution is 2.22. The molecule has 1 aromatic heterocycles. The van der Waals surface area contributed by atoms with Gasteiger partial charge in [0.25, 0.3) is 5.91 Å². The van der Waals surface area contributed by atoms with E-state index in [-0.39, 0.29) is 5.91 Å². The van der Waals surface area contributed by atoms with Crippen LogP contribution in [0.25, 0.3) is 0 Å². The van der Waals surface area contributed by atoms with Gasteiger partial charge in [-0.3, -0.25) is 4.79 Å². The van der Waals surface area contributed by atoms with E-state index in [4.69, 9.17) is 21.1 Å². The van der Waals surface area contributed by atoms with Gasteiger partial charge in [0.15, 0.2) is 0 Å². The van der Waals surface area contributed by atoms with Crippen molar-refractivity contribution in [2.24, 2.45) is 0 Å². The van der Waals surface area contributed by atoms with Crippen molar-refractivity contribution in [1.29, 1.82) is 0 Å². The molecule has 118 valence electrons. The Morgan fingerprint density at radius 2 is 2.18 bits per heavy atom. The molecule has 1 heterocycles. The van der Waals surface area contributed by atoms with Gasteiger partial charge in [-0.1, -0.05) is 11.6 Å². The molecule has 1 aromatic carbocycles. The second kappa shape index (κ2) is 8.17. The van der Waals surface area contributed by atoms with Crippen molar-refractivity contribution in [3.63, 3.8) is 0 Å². The molecule has 6 heteroatoms. The van der Waals surface area contributed by atoms with Crippen molar-refractivity contribution in [3.8, 4) is 5.75 Å². The number of hydrogen-bond donors (Lipinski definition) is 1. The van der Waals surface area contributed by atoms with Crippen LogP contribution in [0.2, 0.25) is 5.02 Å². The van der Waals surface area contributed by atoms with Crippen molar-refractivity contribution in [2.45, 2.75) is 13.5 Å². The van der Waals surface area contributed by atoms with Crippen LogP contribution < -0.4 is 10.1 Å². The molecule has 2 aromatic rings. The number of rotatable bonds is 7. The summed E-state index contributed by atoms with van der Waals surface area (Å²) in [6.45, 7) is 3.36. The van der Waals surface area contributed by atoms with Crippen molar-refractivity contribution >= 4 is 28.8 Å². The van der Waals surface area contributed by atoms with Crippen molar-refractivity contribution < 1.29 is 14.3 Å². The predicted octanol–water partition coefficient (Wildman–Crippen LogP) is 3.67. The summed E-state index contributed by atoms with van der Waals surface area (Å²) >= 11 is 7.38. The van der Waals surface area contributed by atoms with Crippen LogP contribution >= 0.6 is 22.9 Å². The van der Waals surface area contributed by atoms with Gasteiger partial charge < -0.3 is 14.8 Å². The lowest BCUT2D eigenvalue weighted by atomic mass is 10.2. The summed E-state index contributed by atoms with van der Waals surface area (Å²) in [4.78, 5) is 12.5. The first kappa shape index (κ1) is 16.8. The Balaban J connectivity index is 1.88. The van der Waals surface area contributed by atoms with Gasteiger partial charge in [-0.25, -0.2) is 0 Å². The first-order valence-electron chi connectivity index (χ1n) is 6.83. The Morgan fingerprint density at radius 3 is 2.91 bits per heavy atom. The van der Waals surface area contributed by atoms with Crippen LogP contribution in [0.3, 0.4) is 0 Å². The number of amides is 1. The van der Waals surface area contributed by atoms with E-state index in [0.29, 0.717) is 24.6 Å². The SMILES string of the molecule is COCCNC(=O)c1cc(COc2ccc(Cl)c(C)c2)cs1. The zero-order valence-electron chi connectivity index (χ0n) is 12.5. The number of carbonyl (C=O) groups is 1. The van der Waals surface area contributed by atoms with Gasteiger partial charge in [-0.2, -0.15) is 0 Å². The van der Waals surface area contributed by atoms with Crippen LogP contribution in [0.1, 0.15) is 20.8 Å². The summed E-state index contributed by atoms with van der Waals surface area (Å²) < 4.78 is 10.6. The van der Waals surface area contributed by atoms with E-state index >= 15 is 0 Å². The highest BCUT2D eigenvalue weighted by atomic mass is 35.5. The van der Waals surface area contributed by atoms with E-state index in [0.717, 1.165) is 21.9 Å².